The lowest BCUT2D eigenvalue weighted by molar-refractivity contribution is -0.384. The topological polar surface area (TPSA) is 117 Å². The Labute approximate surface area is 141 Å². The summed E-state index contributed by atoms with van der Waals surface area (Å²) in [5, 5.41) is 26.6. The standard InChI is InChI=1S/C15H11ClN4O4/c16-12-5-1-4-11(7-12)15(21)19-18-14(9-17-22)10-3-2-6-13(8-10)20(23)24/h1-9,22H,(H,19,21)/b17-9+,18-14+. The van der Waals surface area contributed by atoms with E-state index in [1.54, 1.807) is 18.2 Å². The third kappa shape index (κ3) is 4.37. The number of nitro groups is 1. The smallest absolute Gasteiger partial charge is 0.271 e. The van der Waals surface area contributed by atoms with Crippen LogP contribution in [0.4, 0.5) is 5.69 Å². The lowest BCUT2D eigenvalue weighted by atomic mass is 10.1. The number of carbonyl (C=O) groups is 1. The molecule has 0 aliphatic heterocycles. The van der Waals surface area contributed by atoms with E-state index in [4.69, 9.17) is 16.8 Å². The minimum atomic E-state index is -0.568. The molecular formula is C15H11ClN4O4. The van der Waals surface area contributed by atoms with Crippen molar-refractivity contribution in [2.45, 2.75) is 0 Å². The Balaban J connectivity index is 2.27. The highest BCUT2D eigenvalue weighted by atomic mass is 35.5. The number of rotatable bonds is 5. The van der Waals surface area contributed by atoms with Crippen molar-refractivity contribution in [1.29, 1.82) is 0 Å². The van der Waals surface area contributed by atoms with E-state index in [1.165, 1.54) is 30.3 Å². The van der Waals surface area contributed by atoms with E-state index in [0.29, 0.717) is 10.6 Å². The molecule has 0 saturated carbocycles. The van der Waals surface area contributed by atoms with Crippen LogP contribution in [-0.4, -0.2) is 28.0 Å². The zero-order valence-corrected chi connectivity index (χ0v) is 12.8. The molecule has 1 amide bonds. The summed E-state index contributed by atoms with van der Waals surface area (Å²) in [5.74, 6) is -0.535. The maximum absolute atomic E-state index is 12.0. The Morgan fingerprint density at radius 3 is 2.58 bits per heavy atom. The van der Waals surface area contributed by atoms with Gasteiger partial charge in [-0.05, 0) is 18.2 Å². The molecule has 2 aromatic rings. The molecule has 24 heavy (non-hydrogen) atoms. The maximum Gasteiger partial charge on any atom is 0.271 e. The number of hydrogen-bond acceptors (Lipinski definition) is 6. The first kappa shape index (κ1) is 17.1. The van der Waals surface area contributed by atoms with Crippen LogP contribution in [0.2, 0.25) is 5.02 Å². The zero-order chi connectivity index (χ0) is 17.5. The van der Waals surface area contributed by atoms with Crippen LogP contribution in [-0.2, 0) is 0 Å². The lowest BCUT2D eigenvalue weighted by Gasteiger charge is -2.03. The zero-order valence-electron chi connectivity index (χ0n) is 12.1. The maximum atomic E-state index is 12.0. The van der Waals surface area contributed by atoms with E-state index in [9.17, 15) is 14.9 Å². The molecular weight excluding hydrogens is 336 g/mol. The van der Waals surface area contributed by atoms with Gasteiger partial charge in [-0.15, -0.1) is 0 Å². The number of nitrogens with zero attached hydrogens (tertiary/aromatic N) is 3. The molecule has 0 atom stereocenters. The molecule has 0 unspecified atom stereocenters. The van der Waals surface area contributed by atoms with E-state index in [1.807, 2.05) is 0 Å². The van der Waals surface area contributed by atoms with Crippen LogP contribution >= 0.6 is 11.6 Å². The molecule has 0 radical (unpaired) electrons. The summed E-state index contributed by atoms with van der Waals surface area (Å²) in [6.07, 6.45) is 0.956. The number of hydrogen-bond donors (Lipinski definition) is 2. The van der Waals surface area contributed by atoms with Gasteiger partial charge in [0.1, 0.15) is 5.71 Å². The van der Waals surface area contributed by atoms with E-state index in [-0.39, 0.29) is 17.0 Å². The number of halogens is 1. The summed E-state index contributed by atoms with van der Waals surface area (Å²) in [5.41, 5.74) is 2.74. The van der Waals surface area contributed by atoms with Crippen molar-refractivity contribution in [3.63, 3.8) is 0 Å². The van der Waals surface area contributed by atoms with Crippen molar-refractivity contribution in [3.8, 4) is 0 Å². The molecule has 2 N–H and O–H groups in total. The molecule has 2 rings (SSSR count). The normalized spacial score (nSPS) is 11.5. The quantitative estimate of drug-likeness (QED) is 0.374. The summed E-state index contributed by atoms with van der Waals surface area (Å²) in [7, 11) is 0. The van der Waals surface area contributed by atoms with Gasteiger partial charge in [-0.25, -0.2) is 5.43 Å². The summed E-state index contributed by atoms with van der Waals surface area (Å²) < 4.78 is 0. The van der Waals surface area contributed by atoms with Crippen LogP contribution in [0, 0.1) is 10.1 Å². The summed E-state index contributed by atoms with van der Waals surface area (Å²) in [4.78, 5) is 22.3. The second-order valence-corrected chi connectivity index (χ2v) is 4.94. The predicted molar refractivity (Wildman–Crippen MR) is 88.8 cm³/mol. The van der Waals surface area contributed by atoms with Gasteiger partial charge in [0.25, 0.3) is 11.6 Å². The van der Waals surface area contributed by atoms with Gasteiger partial charge in [-0.2, -0.15) is 5.10 Å². The third-order valence-electron chi connectivity index (χ3n) is 2.90. The Kier molecular flexibility index (Phi) is 5.58. The van der Waals surface area contributed by atoms with Gasteiger partial charge in [0, 0.05) is 28.3 Å². The van der Waals surface area contributed by atoms with Crippen LogP contribution in [0.3, 0.4) is 0 Å². The number of nitro benzene ring substituents is 1. The third-order valence-corrected chi connectivity index (χ3v) is 3.13. The molecule has 0 aliphatic rings. The van der Waals surface area contributed by atoms with Gasteiger partial charge in [-0.1, -0.05) is 35.0 Å². The first-order valence-corrected chi connectivity index (χ1v) is 6.95. The Hall–Kier alpha value is -3.26. The van der Waals surface area contributed by atoms with Crippen LogP contribution in [0.5, 0.6) is 0 Å². The number of carbonyl (C=O) groups excluding carboxylic acids is 1. The van der Waals surface area contributed by atoms with Crippen molar-refractivity contribution < 1.29 is 14.9 Å². The highest BCUT2D eigenvalue weighted by Crippen LogP contribution is 2.14. The molecule has 0 saturated heterocycles. The largest absolute Gasteiger partial charge is 0.411 e. The van der Waals surface area contributed by atoms with Gasteiger partial charge >= 0.3 is 0 Å². The van der Waals surface area contributed by atoms with Crippen molar-refractivity contribution in [2.75, 3.05) is 0 Å². The number of non-ortho nitro benzene ring substituents is 1. The molecule has 2 aromatic carbocycles. The molecule has 0 aliphatic carbocycles. The monoisotopic (exact) mass is 346 g/mol. The molecule has 0 spiro atoms. The second-order valence-electron chi connectivity index (χ2n) is 4.50. The second kappa shape index (κ2) is 7.84. The van der Waals surface area contributed by atoms with Gasteiger partial charge in [-0.3, -0.25) is 14.9 Å². The highest BCUT2D eigenvalue weighted by molar-refractivity contribution is 6.38. The minimum Gasteiger partial charge on any atom is -0.411 e. The van der Waals surface area contributed by atoms with Crippen LogP contribution < -0.4 is 5.43 Å². The number of benzene rings is 2. The molecule has 122 valence electrons. The molecule has 0 fully saturated rings. The summed E-state index contributed by atoms with van der Waals surface area (Å²) in [6, 6.07) is 11.8. The van der Waals surface area contributed by atoms with Crippen molar-refractivity contribution in [1.82, 2.24) is 5.43 Å². The van der Waals surface area contributed by atoms with Crippen LogP contribution in [0.1, 0.15) is 15.9 Å². The van der Waals surface area contributed by atoms with Gasteiger partial charge in [0.2, 0.25) is 0 Å². The van der Waals surface area contributed by atoms with E-state index in [0.717, 1.165) is 6.21 Å². The summed E-state index contributed by atoms with van der Waals surface area (Å²) in [6.45, 7) is 0. The fourth-order valence-electron chi connectivity index (χ4n) is 1.81. The average molecular weight is 347 g/mol. The number of hydrazone groups is 1. The van der Waals surface area contributed by atoms with Gasteiger partial charge in [0.05, 0.1) is 11.1 Å². The van der Waals surface area contributed by atoms with E-state index < -0.39 is 10.8 Å². The highest BCUT2D eigenvalue weighted by Gasteiger charge is 2.10. The summed E-state index contributed by atoms with van der Waals surface area (Å²) >= 11 is 5.81. The molecule has 0 heterocycles. The lowest BCUT2D eigenvalue weighted by Crippen LogP contribution is -2.20. The Morgan fingerprint density at radius 1 is 1.21 bits per heavy atom. The first-order valence-electron chi connectivity index (χ1n) is 6.57. The Bertz CT molecular complexity index is 836. The number of oxime groups is 1. The fourth-order valence-corrected chi connectivity index (χ4v) is 2.00. The number of amides is 1. The van der Waals surface area contributed by atoms with Gasteiger partial charge < -0.3 is 5.21 Å². The predicted octanol–water partition coefficient (Wildman–Crippen LogP) is 2.84. The molecule has 9 heteroatoms. The fraction of sp³-hybridized carbons (Fsp3) is 0. The van der Waals surface area contributed by atoms with Crippen molar-refractivity contribution in [3.05, 3.63) is 74.8 Å². The van der Waals surface area contributed by atoms with E-state index >= 15 is 0 Å². The SMILES string of the molecule is O=C(N/N=C(\C=N\O)c1cccc([N+](=O)[O-])c1)c1cccc(Cl)c1. The molecule has 8 nitrogen and oxygen atoms in total. The van der Waals surface area contributed by atoms with Crippen LogP contribution in [0.15, 0.2) is 58.8 Å². The molecule has 0 bridgehead atoms. The van der Waals surface area contributed by atoms with E-state index in [2.05, 4.69) is 15.7 Å². The first-order chi connectivity index (χ1) is 11.5. The molecule has 0 aromatic heterocycles. The number of nitrogens with one attached hydrogen (secondary N) is 1. The minimum absolute atomic E-state index is 0.0385. The van der Waals surface area contributed by atoms with Crippen LogP contribution in [0.25, 0.3) is 0 Å². The van der Waals surface area contributed by atoms with Crippen molar-refractivity contribution >= 4 is 35.1 Å². The Morgan fingerprint density at radius 2 is 1.92 bits per heavy atom. The van der Waals surface area contributed by atoms with Crippen molar-refractivity contribution in [2.24, 2.45) is 10.3 Å². The van der Waals surface area contributed by atoms with Gasteiger partial charge in [0.15, 0.2) is 0 Å². The average Bonchev–Trinajstić information content (AvgIpc) is 2.58.